The third-order valence-corrected chi connectivity index (χ3v) is 4.58. The summed E-state index contributed by atoms with van der Waals surface area (Å²) in [6, 6.07) is 11.2. The molecule has 4 rings (SSSR count). The summed E-state index contributed by atoms with van der Waals surface area (Å²) in [5.74, 6) is 0.820. The largest absolute Gasteiger partial charge is 0.381 e. The van der Waals surface area contributed by atoms with Crippen LogP contribution in [0.1, 0.15) is 12.8 Å². The van der Waals surface area contributed by atoms with Crippen LogP contribution in [0.4, 0.5) is 5.69 Å². The summed E-state index contributed by atoms with van der Waals surface area (Å²) < 4.78 is 0. The zero-order chi connectivity index (χ0) is 12.7. The van der Waals surface area contributed by atoms with E-state index in [1.54, 1.807) is 0 Å². The van der Waals surface area contributed by atoms with Crippen molar-refractivity contribution in [3.63, 3.8) is 0 Å². The lowest BCUT2D eigenvalue weighted by Gasteiger charge is -2.31. The van der Waals surface area contributed by atoms with Crippen LogP contribution < -0.4 is 5.32 Å². The molecule has 2 aromatic rings. The Labute approximate surface area is 113 Å². The third-order valence-electron chi connectivity index (χ3n) is 4.58. The number of anilines is 1. The van der Waals surface area contributed by atoms with Crippen molar-refractivity contribution < 1.29 is 0 Å². The lowest BCUT2D eigenvalue weighted by Crippen LogP contribution is -2.39. The van der Waals surface area contributed by atoms with Gasteiger partial charge in [0.25, 0.3) is 0 Å². The molecule has 2 aliphatic rings. The third kappa shape index (κ3) is 2.08. The number of pyridine rings is 1. The number of para-hydroxylation sites is 1. The van der Waals surface area contributed by atoms with E-state index >= 15 is 0 Å². The second-order valence-electron chi connectivity index (χ2n) is 5.81. The van der Waals surface area contributed by atoms with Gasteiger partial charge in [-0.05, 0) is 37.4 Å². The quantitative estimate of drug-likeness (QED) is 0.892. The highest BCUT2D eigenvalue weighted by Gasteiger charge is 2.34. The predicted molar refractivity (Wildman–Crippen MR) is 78.3 cm³/mol. The van der Waals surface area contributed by atoms with Crippen LogP contribution in [-0.4, -0.2) is 35.6 Å². The maximum absolute atomic E-state index is 4.54. The molecule has 1 aromatic carbocycles. The normalized spacial score (nSPS) is 29.6. The molecule has 0 amide bonds. The Hall–Kier alpha value is -1.61. The lowest BCUT2D eigenvalue weighted by molar-refractivity contribution is 0.255. The van der Waals surface area contributed by atoms with Gasteiger partial charge in [0.2, 0.25) is 0 Å². The Morgan fingerprint density at radius 3 is 3.05 bits per heavy atom. The van der Waals surface area contributed by atoms with Crippen molar-refractivity contribution >= 4 is 16.6 Å². The number of aromatic nitrogens is 1. The minimum absolute atomic E-state index is 0.627. The van der Waals surface area contributed by atoms with Crippen molar-refractivity contribution in [2.24, 2.45) is 5.92 Å². The second-order valence-corrected chi connectivity index (χ2v) is 5.81. The highest BCUT2D eigenvalue weighted by Crippen LogP contribution is 2.29. The fraction of sp³-hybridized carbons (Fsp3) is 0.438. The van der Waals surface area contributed by atoms with Gasteiger partial charge in [0.05, 0.1) is 17.4 Å². The van der Waals surface area contributed by atoms with E-state index in [-0.39, 0.29) is 0 Å². The zero-order valence-electron chi connectivity index (χ0n) is 11.0. The summed E-state index contributed by atoms with van der Waals surface area (Å²) in [6.45, 7) is 3.81. The first-order valence-electron chi connectivity index (χ1n) is 7.22. The number of piperidine rings is 1. The van der Waals surface area contributed by atoms with E-state index in [0.717, 1.165) is 11.4 Å². The van der Waals surface area contributed by atoms with E-state index in [1.807, 2.05) is 12.3 Å². The molecule has 19 heavy (non-hydrogen) atoms. The molecule has 3 atom stereocenters. The van der Waals surface area contributed by atoms with E-state index in [4.69, 9.17) is 0 Å². The van der Waals surface area contributed by atoms with Crippen molar-refractivity contribution in [3.05, 3.63) is 36.5 Å². The number of benzene rings is 1. The van der Waals surface area contributed by atoms with Crippen LogP contribution in [0.15, 0.2) is 36.5 Å². The van der Waals surface area contributed by atoms with E-state index < -0.39 is 0 Å². The van der Waals surface area contributed by atoms with Crippen molar-refractivity contribution in [1.29, 1.82) is 0 Å². The monoisotopic (exact) mass is 253 g/mol. The van der Waals surface area contributed by atoms with Gasteiger partial charge in [-0.1, -0.05) is 18.2 Å². The van der Waals surface area contributed by atoms with Gasteiger partial charge in [0, 0.05) is 24.5 Å². The SMILES string of the molecule is c1ccc2ncc(NC3CCN4CCC3C4)cc2c1. The zero-order valence-corrected chi connectivity index (χ0v) is 11.0. The smallest absolute Gasteiger partial charge is 0.0703 e. The molecule has 0 aliphatic carbocycles. The first kappa shape index (κ1) is 11.2. The minimum atomic E-state index is 0.627. The maximum atomic E-state index is 4.54. The van der Waals surface area contributed by atoms with Crippen molar-refractivity contribution in [2.45, 2.75) is 18.9 Å². The molecule has 1 aromatic heterocycles. The van der Waals surface area contributed by atoms with Gasteiger partial charge in [-0.3, -0.25) is 4.98 Å². The molecule has 2 saturated heterocycles. The Bertz CT molecular complexity index is 595. The van der Waals surface area contributed by atoms with Crippen LogP contribution in [0, 0.1) is 5.92 Å². The lowest BCUT2D eigenvalue weighted by atomic mass is 9.94. The Morgan fingerprint density at radius 1 is 1.16 bits per heavy atom. The number of fused-ring (bicyclic) bond motifs is 3. The minimum Gasteiger partial charge on any atom is -0.381 e. The van der Waals surface area contributed by atoms with Crippen LogP contribution in [-0.2, 0) is 0 Å². The summed E-state index contributed by atoms with van der Waals surface area (Å²) in [5.41, 5.74) is 2.24. The molecule has 98 valence electrons. The molecule has 2 fully saturated rings. The van der Waals surface area contributed by atoms with Gasteiger partial charge in [-0.25, -0.2) is 0 Å². The highest BCUT2D eigenvalue weighted by atomic mass is 15.2. The number of hydrogen-bond donors (Lipinski definition) is 1. The molecule has 2 aliphatic heterocycles. The molecule has 3 heteroatoms. The van der Waals surface area contributed by atoms with Crippen molar-refractivity contribution in [3.8, 4) is 0 Å². The topological polar surface area (TPSA) is 28.2 Å². The van der Waals surface area contributed by atoms with E-state index in [9.17, 15) is 0 Å². The highest BCUT2D eigenvalue weighted by molar-refractivity contribution is 5.81. The fourth-order valence-electron chi connectivity index (χ4n) is 3.51. The summed E-state index contributed by atoms with van der Waals surface area (Å²) >= 11 is 0. The molecule has 3 nitrogen and oxygen atoms in total. The Balaban J connectivity index is 1.57. The first-order chi connectivity index (χ1) is 9.38. The summed E-state index contributed by atoms with van der Waals surface area (Å²) in [6.07, 6.45) is 4.58. The van der Waals surface area contributed by atoms with Crippen LogP contribution in [0.5, 0.6) is 0 Å². The Morgan fingerprint density at radius 2 is 2.05 bits per heavy atom. The summed E-state index contributed by atoms with van der Waals surface area (Å²) in [4.78, 5) is 7.12. The summed E-state index contributed by atoms with van der Waals surface area (Å²) in [7, 11) is 0. The van der Waals surface area contributed by atoms with Gasteiger partial charge in [0.15, 0.2) is 0 Å². The van der Waals surface area contributed by atoms with Gasteiger partial charge < -0.3 is 10.2 Å². The van der Waals surface area contributed by atoms with Crippen LogP contribution in [0.3, 0.4) is 0 Å². The van der Waals surface area contributed by atoms with E-state index in [0.29, 0.717) is 6.04 Å². The van der Waals surface area contributed by atoms with Crippen molar-refractivity contribution in [2.75, 3.05) is 25.0 Å². The van der Waals surface area contributed by atoms with Gasteiger partial charge in [-0.15, -0.1) is 0 Å². The molecular formula is C16H19N3. The molecule has 3 heterocycles. The van der Waals surface area contributed by atoms with Crippen molar-refractivity contribution in [1.82, 2.24) is 9.88 Å². The molecule has 3 unspecified atom stereocenters. The number of rotatable bonds is 2. The van der Waals surface area contributed by atoms with Gasteiger partial charge in [-0.2, -0.15) is 0 Å². The summed E-state index contributed by atoms with van der Waals surface area (Å²) in [5, 5.41) is 4.93. The Kier molecular flexibility index (Phi) is 2.66. The van der Waals surface area contributed by atoms with E-state index in [1.165, 1.54) is 43.5 Å². The number of nitrogens with one attached hydrogen (secondary N) is 1. The first-order valence-corrected chi connectivity index (χ1v) is 7.22. The molecule has 0 radical (unpaired) electrons. The van der Waals surface area contributed by atoms with Crippen LogP contribution >= 0.6 is 0 Å². The second kappa shape index (κ2) is 4.49. The maximum Gasteiger partial charge on any atom is 0.0703 e. The number of nitrogens with zero attached hydrogens (tertiary/aromatic N) is 2. The van der Waals surface area contributed by atoms with Crippen LogP contribution in [0.25, 0.3) is 10.9 Å². The molecule has 0 saturated carbocycles. The van der Waals surface area contributed by atoms with Crippen LogP contribution in [0.2, 0.25) is 0 Å². The molecule has 2 bridgehead atoms. The standard InChI is InChI=1S/C16H19N3/c1-2-4-15-12(3-1)9-14(10-17-15)18-16-6-8-19-7-5-13(16)11-19/h1-4,9-10,13,16,18H,5-8,11H2. The van der Waals surface area contributed by atoms with Gasteiger partial charge in [0.1, 0.15) is 0 Å². The van der Waals surface area contributed by atoms with E-state index in [2.05, 4.69) is 39.5 Å². The predicted octanol–water partition coefficient (Wildman–Crippen LogP) is 2.74. The number of hydrogen-bond acceptors (Lipinski definition) is 3. The molecule has 0 spiro atoms. The molecule has 1 N–H and O–H groups in total. The van der Waals surface area contributed by atoms with Gasteiger partial charge >= 0.3 is 0 Å². The average Bonchev–Trinajstić information content (AvgIpc) is 2.85. The molecular weight excluding hydrogens is 234 g/mol. The average molecular weight is 253 g/mol. The fourth-order valence-corrected chi connectivity index (χ4v) is 3.51.